The molecular formula is C28H40N4O3. The van der Waals surface area contributed by atoms with Gasteiger partial charge in [-0.25, -0.2) is 0 Å². The monoisotopic (exact) mass is 480 g/mol. The summed E-state index contributed by atoms with van der Waals surface area (Å²) in [5.41, 5.74) is 3.37. The number of unbranched alkanes of at least 4 members (excludes halogenated alkanes) is 1. The molecular weight excluding hydrogens is 440 g/mol. The average molecular weight is 481 g/mol. The molecule has 0 unspecified atom stereocenters. The topological polar surface area (TPSA) is 67.8 Å². The van der Waals surface area contributed by atoms with E-state index in [1.807, 2.05) is 37.2 Å². The van der Waals surface area contributed by atoms with Crippen LogP contribution in [0.5, 0.6) is 5.75 Å². The minimum atomic E-state index is -0.0786. The van der Waals surface area contributed by atoms with Crippen LogP contribution in [0.3, 0.4) is 0 Å². The van der Waals surface area contributed by atoms with Crippen molar-refractivity contribution >= 4 is 5.91 Å². The first kappa shape index (κ1) is 25.6. The van der Waals surface area contributed by atoms with Gasteiger partial charge in [0.25, 0.3) is 5.91 Å². The number of morpholine rings is 1. The third-order valence-electron chi connectivity index (χ3n) is 6.87. The molecule has 190 valence electrons. The molecule has 0 bridgehead atoms. The summed E-state index contributed by atoms with van der Waals surface area (Å²) < 4.78 is 12.1. The maximum Gasteiger partial charge on any atom is 0.274 e. The molecule has 1 amide bonds. The normalized spacial score (nSPS) is 19.2. The lowest BCUT2D eigenvalue weighted by atomic mass is 9.97. The molecule has 1 saturated heterocycles. The van der Waals surface area contributed by atoms with E-state index in [0.717, 1.165) is 61.2 Å². The molecule has 2 aliphatic rings. The Kier molecular flexibility index (Phi) is 9.10. The predicted molar refractivity (Wildman–Crippen MR) is 138 cm³/mol. The van der Waals surface area contributed by atoms with E-state index in [-0.39, 0.29) is 12.0 Å². The number of nitrogens with zero attached hydrogens (tertiary/aromatic N) is 4. The number of amides is 1. The van der Waals surface area contributed by atoms with Gasteiger partial charge in [-0.15, -0.1) is 5.10 Å². The van der Waals surface area contributed by atoms with Crippen LogP contribution in [-0.4, -0.2) is 78.4 Å². The molecule has 0 spiro atoms. The summed E-state index contributed by atoms with van der Waals surface area (Å²) in [6.45, 7) is 4.64. The molecule has 1 aliphatic carbocycles. The Morgan fingerprint density at radius 2 is 1.91 bits per heavy atom. The Morgan fingerprint density at radius 3 is 2.63 bits per heavy atom. The minimum absolute atomic E-state index is 0.00988. The highest BCUT2D eigenvalue weighted by molar-refractivity contribution is 5.93. The van der Waals surface area contributed by atoms with Gasteiger partial charge in [-0.1, -0.05) is 31.9 Å². The van der Waals surface area contributed by atoms with Gasteiger partial charge in [-0.3, -0.25) is 4.79 Å². The van der Waals surface area contributed by atoms with Gasteiger partial charge in [-0.05, 0) is 76.4 Å². The van der Waals surface area contributed by atoms with Crippen molar-refractivity contribution in [2.45, 2.75) is 70.5 Å². The van der Waals surface area contributed by atoms with Gasteiger partial charge in [0, 0.05) is 25.2 Å². The Labute approximate surface area is 209 Å². The summed E-state index contributed by atoms with van der Waals surface area (Å²) in [6, 6.07) is 10.2. The fourth-order valence-electron chi connectivity index (χ4n) is 4.97. The summed E-state index contributed by atoms with van der Waals surface area (Å²) in [6.07, 6.45) is 9.39. The first-order valence-corrected chi connectivity index (χ1v) is 13.2. The van der Waals surface area contributed by atoms with Crippen molar-refractivity contribution in [2.24, 2.45) is 0 Å². The number of hydrogen-bond donors (Lipinski definition) is 0. The van der Waals surface area contributed by atoms with Crippen LogP contribution < -0.4 is 4.74 Å². The zero-order valence-corrected chi connectivity index (χ0v) is 21.5. The molecule has 35 heavy (non-hydrogen) atoms. The molecule has 2 heterocycles. The second-order valence-corrected chi connectivity index (χ2v) is 10.1. The molecule has 1 atom stereocenters. The lowest BCUT2D eigenvalue weighted by molar-refractivity contribution is -0.0308. The average Bonchev–Trinajstić information content (AvgIpc) is 2.88. The fraction of sp³-hybridized carbons (Fsp3) is 0.607. The van der Waals surface area contributed by atoms with Crippen LogP contribution in [-0.2, 0) is 11.2 Å². The highest BCUT2D eigenvalue weighted by Crippen LogP contribution is 2.29. The number of aryl methyl sites for hydroxylation is 1. The third kappa shape index (κ3) is 7.01. The number of likely N-dealkylation sites (N-methyl/N-ethyl adjacent to an activating group) is 1. The van der Waals surface area contributed by atoms with Gasteiger partial charge >= 0.3 is 0 Å². The molecule has 7 nitrogen and oxygen atoms in total. The number of carbonyl (C=O) groups is 1. The smallest absolute Gasteiger partial charge is 0.274 e. The van der Waals surface area contributed by atoms with Gasteiger partial charge in [0.15, 0.2) is 5.69 Å². The quantitative estimate of drug-likeness (QED) is 0.523. The Morgan fingerprint density at radius 1 is 1.14 bits per heavy atom. The van der Waals surface area contributed by atoms with E-state index in [2.05, 4.69) is 34.2 Å². The van der Waals surface area contributed by atoms with Crippen LogP contribution in [0.15, 0.2) is 30.3 Å². The largest absolute Gasteiger partial charge is 0.490 e. The molecule has 0 radical (unpaired) electrons. The lowest BCUT2D eigenvalue weighted by Gasteiger charge is -2.34. The summed E-state index contributed by atoms with van der Waals surface area (Å²) in [5, 5.41) is 8.88. The minimum Gasteiger partial charge on any atom is -0.490 e. The SMILES string of the molecule is CCCCc1nnc(C(=O)N2CCO[C@@H](CN(C)C)C2)cc1-c1ccc(OC2CCCCC2)cc1. The molecule has 2 fully saturated rings. The number of aromatic nitrogens is 2. The van der Waals surface area contributed by atoms with Crippen molar-refractivity contribution in [3.63, 3.8) is 0 Å². The van der Waals surface area contributed by atoms with Crippen LogP contribution in [0.4, 0.5) is 0 Å². The molecule has 1 aromatic carbocycles. The van der Waals surface area contributed by atoms with Crippen LogP contribution >= 0.6 is 0 Å². The number of hydrogen-bond acceptors (Lipinski definition) is 6. The highest BCUT2D eigenvalue weighted by atomic mass is 16.5. The van der Waals surface area contributed by atoms with Crippen molar-refractivity contribution < 1.29 is 14.3 Å². The first-order chi connectivity index (χ1) is 17.0. The van der Waals surface area contributed by atoms with E-state index in [0.29, 0.717) is 31.5 Å². The van der Waals surface area contributed by atoms with E-state index in [9.17, 15) is 4.79 Å². The Balaban J connectivity index is 1.53. The fourth-order valence-corrected chi connectivity index (χ4v) is 4.97. The number of ether oxygens (including phenoxy) is 2. The third-order valence-corrected chi connectivity index (χ3v) is 6.87. The van der Waals surface area contributed by atoms with E-state index >= 15 is 0 Å². The lowest BCUT2D eigenvalue weighted by Crippen LogP contribution is -2.49. The van der Waals surface area contributed by atoms with Crippen LogP contribution in [0.25, 0.3) is 11.1 Å². The summed E-state index contributed by atoms with van der Waals surface area (Å²) in [4.78, 5) is 17.3. The Hall–Kier alpha value is -2.51. The number of benzene rings is 1. The second-order valence-electron chi connectivity index (χ2n) is 10.1. The van der Waals surface area contributed by atoms with Crippen LogP contribution in [0.2, 0.25) is 0 Å². The zero-order chi connectivity index (χ0) is 24.6. The van der Waals surface area contributed by atoms with E-state index in [4.69, 9.17) is 9.47 Å². The second kappa shape index (κ2) is 12.5. The van der Waals surface area contributed by atoms with Crippen molar-refractivity contribution in [3.8, 4) is 16.9 Å². The molecule has 2 aromatic rings. The standard InChI is InChI=1S/C28H40N4O3/c1-4-5-11-26-25(21-12-14-23(15-13-21)35-22-9-7-6-8-10-22)18-27(30-29-26)28(33)32-16-17-34-24(20-32)19-31(2)3/h12-15,18,22,24H,4-11,16-17,19-20H2,1-3H3/t24-/m0/s1. The molecule has 0 N–H and O–H groups in total. The van der Waals surface area contributed by atoms with E-state index in [1.165, 1.54) is 19.3 Å². The van der Waals surface area contributed by atoms with Crippen molar-refractivity contribution in [1.82, 2.24) is 20.0 Å². The summed E-state index contributed by atoms with van der Waals surface area (Å²) >= 11 is 0. The molecule has 7 heteroatoms. The van der Waals surface area contributed by atoms with Crippen molar-refractivity contribution in [1.29, 1.82) is 0 Å². The van der Waals surface area contributed by atoms with Crippen molar-refractivity contribution in [3.05, 3.63) is 41.7 Å². The number of rotatable bonds is 9. The van der Waals surface area contributed by atoms with E-state index in [1.54, 1.807) is 0 Å². The van der Waals surface area contributed by atoms with Gasteiger partial charge in [0.05, 0.1) is 24.5 Å². The maximum atomic E-state index is 13.3. The highest BCUT2D eigenvalue weighted by Gasteiger charge is 2.27. The van der Waals surface area contributed by atoms with Crippen molar-refractivity contribution in [2.75, 3.05) is 40.3 Å². The van der Waals surface area contributed by atoms with E-state index < -0.39 is 0 Å². The maximum absolute atomic E-state index is 13.3. The summed E-state index contributed by atoms with van der Waals surface area (Å²) in [7, 11) is 4.03. The predicted octanol–water partition coefficient (Wildman–Crippen LogP) is 4.60. The first-order valence-electron chi connectivity index (χ1n) is 13.2. The molecule has 1 saturated carbocycles. The van der Waals surface area contributed by atoms with Gasteiger partial charge in [0.2, 0.25) is 0 Å². The van der Waals surface area contributed by atoms with Crippen LogP contribution in [0, 0.1) is 0 Å². The van der Waals surface area contributed by atoms with Gasteiger partial charge < -0.3 is 19.3 Å². The molecule has 1 aromatic heterocycles. The number of carbonyl (C=O) groups excluding carboxylic acids is 1. The van der Waals surface area contributed by atoms with Gasteiger partial charge in [0.1, 0.15) is 5.75 Å². The zero-order valence-electron chi connectivity index (χ0n) is 21.5. The molecule has 4 rings (SSSR count). The Bertz CT molecular complexity index is 957. The molecule has 1 aliphatic heterocycles. The van der Waals surface area contributed by atoms with Gasteiger partial charge in [-0.2, -0.15) is 5.10 Å². The van der Waals surface area contributed by atoms with Crippen LogP contribution in [0.1, 0.15) is 68.1 Å². The summed E-state index contributed by atoms with van der Waals surface area (Å²) in [5.74, 6) is 0.833.